The molecule has 1 aromatic rings. The van der Waals surface area contributed by atoms with Crippen LogP contribution in [0.2, 0.25) is 14.4 Å². The molecule has 0 saturated carbocycles. The van der Waals surface area contributed by atoms with Crippen molar-refractivity contribution in [2.45, 2.75) is 12.8 Å². The summed E-state index contributed by atoms with van der Waals surface area (Å²) >= 11 is 18.0. The van der Waals surface area contributed by atoms with Crippen LogP contribution in [0.5, 0.6) is 0 Å². The second kappa shape index (κ2) is 5.16. The van der Waals surface area contributed by atoms with Crippen molar-refractivity contribution in [3.63, 3.8) is 0 Å². The van der Waals surface area contributed by atoms with E-state index in [-0.39, 0.29) is 32.1 Å². The van der Waals surface area contributed by atoms with Crippen molar-refractivity contribution in [1.82, 2.24) is 0 Å². The van der Waals surface area contributed by atoms with Gasteiger partial charge in [0.05, 0.1) is 14.9 Å². The Labute approximate surface area is 105 Å². The van der Waals surface area contributed by atoms with Gasteiger partial charge in [-0.05, 0) is 6.42 Å². The summed E-state index contributed by atoms with van der Waals surface area (Å²) < 4.78 is 0.221. The molecule has 7 heteroatoms. The molecule has 0 radical (unpaired) electrons. The highest BCUT2D eigenvalue weighted by atomic mass is 35.5. The van der Waals surface area contributed by atoms with Crippen molar-refractivity contribution in [2.24, 2.45) is 0 Å². The number of ketones is 1. The first-order valence-electron chi connectivity index (χ1n) is 3.79. The largest absolute Gasteiger partial charge is 0.550 e. The zero-order valence-electron chi connectivity index (χ0n) is 7.18. The molecule has 1 heterocycles. The van der Waals surface area contributed by atoms with E-state index in [4.69, 9.17) is 34.8 Å². The zero-order chi connectivity index (χ0) is 11.6. The lowest BCUT2D eigenvalue weighted by molar-refractivity contribution is -0.305. The summed E-state index contributed by atoms with van der Waals surface area (Å²) in [6, 6.07) is 0. The SMILES string of the molecule is O=C([O-])CCC(=O)c1sc(Cl)c(Cl)c1Cl. The van der Waals surface area contributed by atoms with Crippen LogP contribution in [0.15, 0.2) is 0 Å². The van der Waals surface area contributed by atoms with Crippen molar-refractivity contribution < 1.29 is 14.7 Å². The van der Waals surface area contributed by atoms with Crippen molar-refractivity contribution in [3.05, 3.63) is 19.3 Å². The van der Waals surface area contributed by atoms with Crippen LogP contribution in [0.4, 0.5) is 0 Å². The fourth-order valence-electron chi connectivity index (χ4n) is 0.874. The normalized spacial score (nSPS) is 10.3. The Morgan fingerprint density at radius 1 is 1.13 bits per heavy atom. The van der Waals surface area contributed by atoms with Gasteiger partial charge in [-0.25, -0.2) is 0 Å². The van der Waals surface area contributed by atoms with Gasteiger partial charge in [0.15, 0.2) is 5.78 Å². The molecule has 0 aliphatic heterocycles. The van der Waals surface area contributed by atoms with Crippen LogP contribution >= 0.6 is 46.1 Å². The van der Waals surface area contributed by atoms with E-state index in [0.29, 0.717) is 0 Å². The number of thiophene rings is 1. The maximum absolute atomic E-state index is 11.5. The van der Waals surface area contributed by atoms with Gasteiger partial charge in [-0.3, -0.25) is 4.79 Å². The number of aliphatic carboxylic acids is 1. The number of hydrogen-bond acceptors (Lipinski definition) is 4. The van der Waals surface area contributed by atoms with Crippen molar-refractivity contribution in [1.29, 1.82) is 0 Å². The van der Waals surface area contributed by atoms with Crippen LogP contribution in [0.3, 0.4) is 0 Å². The summed E-state index contributed by atoms with van der Waals surface area (Å²) in [5.41, 5.74) is 0. The number of carboxylic acid groups (broad SMARTS) is 1. The lowest BCUT2D eigenvalue weighted by Gasteiger charge is -1.99. The van der Waals surface area contributed by atoms with Gasteiger partial charge in [-0.15, -0.1) is 11.3 Å². The molecule has 3 nitrogen and oxygen atoms in total. The highest BCUT2D eigenvalue weighted by Crippen LogP contribution is 2.40. The van der Waals surface area contributed by atoms with Gasteiger partial charge in [-0.1, -0.05) is 34.8 Å². The number of carboxylic acids is 1. The fourth-order valence-corrected chi connectivity index (χ4v) is 2.66. The third-order valence-corrected chi connectivity index (χ3v) is 4.18. The molecule has 1 rings (SSSR count). The number of Topliss-reactive ketones (excluding diaryl/α,β-unsaturated/α-hetero) is 1. The number of halogens is 3. The minimum Gasteiger partial charge on any atom is -0.550 e. The molecule has 0 amide bonds. The van der Waals surface area contributed by atoms with Crippen molar-refractivity contribution >= 4 is 57.9 Å². The molecule has 15 heavy (non-hydrogen) atoms. The molecule has 82 valence electrons. The minimum atomic E-state index is -1.28. The Kier molecular flexibility index (Phi) is 4.40. The summed E-state index contributed by atoms with van der Waals surface area (Å²) in [5, 5.41) is 10.4. The number of carbonyl (C=O) groups excluding carboxylic acids is 2. The summed E-state index contributed by atoms with van der Waals surface area (Å²) in [7, 11) is 0. The molecular formula is C8H4Cl3O3S-. The number of carbonyl (C=O) groups is 2. The van der Waals surface area contributed by atoms with E-state index >= 15 is 0 Å². The maximum Gasteiger partial charge on any atom is 0.174 e. The summed E-state index contributed by atoms with van der Waals surface area (Å²) in [6.07, 6.45) is -0.516. The van der Waals surface area contributed by atoms with Crippen molar-refractivity contribution in [3.8, 4) is 0 Å². The molecule has 0 atom stereocenters. The smallest absolute Gasteiger partial charge is 0.174 e. The lowest BCUT2D eigenvalue weighted by Crippen LogP contribution is -2.22. The molecule has 0 bridgehead atoms. The summed E-state index contributed by atoms with van der Waals surface area (Å²) in [6.45, 7) is 0. The molecule has 0 aliphatic carbocycles. The molecule has 0 N–H and O–H groups in total. The molecule has 0 spiro atoms. The van der Waals surface area contributed by atoms with Crippen LogP contribution in [-0.4, -0.2) is 11.8 Å². The Morgan fingerprint density at radius 2 is 1.73 bits per heavy atom. The first kappa shape index (κ1) is 12.8. The summed E-state index contributed by atoms with van der Waals surface area (Å²) in [4.78, 5) is 21.8. The van der Waals surface area contributed by atoms with Crippen molar-refractivity contribution in [2.75, 3.05) is 0 Å². The Morgan fingerprint density at radius 3 is 2.13 bits per heavy atom. The second-order valence-electron chi connectivity index (χ2n) is 2.63. The van der Waals surface area contributed by atoms with Gasteiger partial charge < -0.3 is 9.90 Å². The number of rotatable bonds is 4. The molecule has 0 fully saturated rings. The van der Waals surface area contributed by atoms with Gasteiger partial charge >= 0.3 is 0 Å². The topological polar surface area (TPSA) is 57.2 Å². The van der Waals surface area contributed by atoms with E-state index in [1.807, 2.05) is 0 Å². The summed E-state index contributed by atoms with van der Waals surface area (Å²) in [5.74, 6) is -1.68. The van der Waals surface area contributed by atoms with Crippen LogP contribution in [0, 0.1) is 0 Å². The Bertz CT molecular complexity index is 414. The minimum absolute atomic E-state index is 0.0787. The van der Waals surface area contributed by atoms with E-state index in [2.05, 4.69) is 0 Å². The van der Waals surface area contributed by atoms with Gasteiger partial charge in [0, 0.05) is 12.4 Å². The third kappa shape index (κ3) is 3.08. The monoisotopic (exact) mass is 285 g/mol. The second-order valence-corrected chi connectivity index (χ2v) is 5.01. The Hall–Kier alpha value is -0.290. The van der Waals surface area contributed by atoms with Gasteiger partial charge in [0.2, 0.25) is 0 Å². The molecular weight excluding hydrogens is 283 g/mol. The Balaban J connectivity index is 2.83. The van der Waals surface area contributed by atoms with Crippen LogP contribution in [-0.2, 0) is 4.79 Å². The van der Waals surface area contributed by atoms with Crippen LogP contribution < -0.4 is 5.11 Å². The first-order chi connectivity index (χ1) is 6.93. The maximum atomic E-state index is 11.5. The molecule has 0 unspecified atom stereocenters. The lowest BCUT2D eigenvalue weighted by atomic mass is 10.2. The predicted molar refractivity (Wildman–Crippen MR) is 57.9 cm³/mol. The third-order valence-electron chi connectivity index (χ3n) is 1.57. The van der Waals surface area contributed by atoms with Gasteiger partial charge in [-0.2, -0.15) is 0 Å². The predicted octanol–water partition coefficient (Wildman–Crippen LogP) is 2.42. The van der Waals surface area contributed by atoms with E-state index in [9.17, 15) is 14.7 Å². The van der Waals surface area contributed by atoms with Crippen LogP contribution in [0.1, 0.15) is 22.5 Å². The van der Waals surface area contributed by atoms with E-state index in [0.717, 1.165) is 11.3 Å². The standard InChI is InChI=1S/C8H5Cl3O3S/c9-5-6(10)8(11)15-7(5)3(12)1-2-4(13)14/h1-2H2,(H,13,14)/p-1. The number of hydrogen-bond donors (Lipinski definition) is 0. The quantitative estimate of drug-likeness (QED) is 0.799. The van der Waals surface area contributed by atoms with E-state index in [1.54, 1.807) is 0 Å². The molecule has 1 aromatic heterocycles. The van der Waals surface area contributed by atoms with Gasteiger partial charge in [0.1, 0.15) is 4.34 Å². The van der Waals surface area contributed by atoms with Gasteiger partial charge in [0.25, 0.3) is 0 Å². The van der Waals surface area contributed by atoms with Crippen LogP contribution in [0.25, 0.3) is 0 Å². The highest BCUT2D eigenvalue weighted by Gasteiger charge is 2.19. The first-order valence-corrected chi connectivity index (χ1v) is 5.75. The van der Waals surface area contributed by atoms with E-state index < -0.39 is 11.8 Å². The molecule has 0 aliphatic rings. The highest BCUT2D eigenvalue weighted by molar-refractivity contribution is 7.19. The average molecular weight is 287 g/mol. The zero-order valence-corrected chi connectivity index (χ0v) is 10.3. The molecule has 0 saturated heterocycles. The average Bonchev–Trinajstić information content (AvgIpc) is 2.42. The van der Waals surface area contributed by atoms with E-state index in [1.165, 1.54) is 0 Å². The fraction of sp³-hybridized carbons (Fsp3) is 0.250. The molecule has 0 aromatic carbocycles.